The van der Waals surface area contributed by atoms with Crippen molar-refractivity contribution in [1.82, 2.24) is 15.0 Å². The number of piperidine rings is 1. The lowest BCUT2D eigenvalue weighted by atomic mass is 9.97. The molecule has 1 amide bonds. The second-order valence-corrected chi connectivity index (χ2v) is 7.35. The molecule has 3 aromatic rings. The van der Waals surface area contributed by atoms with Gasteiger partial charge in [0.25, 0.3) is 0 Å². The number of nitrogens with zero attached hydrogens (tertiary/aromatic N) is 3. The molecule has 0 bridgehead atoms. The van der Waals surface area contributed by atoms with Crippen molar-refractivity contribution in [2.24, 2.45) is 0 Å². The van der Waals surface area contributed by atoms with E-state index in [1.165, 1.54) is 0 Å². The first kappa shape index (κ1) is 19.9. The van der Waals surface area contributed by atoms with Gasteiger partial charge in [0, 0.05) is 24.2 Å². The van der Waals surface area contributed by atoms with Crippen molar-refractivity contribution >= 4 is 5.91 Å². The van der Waals surface area contributed by atoms with Crippen molar-refractivity contribution < 1.29 is 18.8 Å². The molecule has 4 rings (SSSR count). The Morgan fingerprint density at radius 1 is 1.13 bits per heavy atom. The van der Waals surface area contributed by atoms with E-state index >= 15 is 0 Å². The van der Waals surface area contributed by atoms with Crippen molar-refractivity contribution in [2.45, 2.75) is 25.2 Å². The molecule has 156 valence electrons. The summed E-state index contributed by atoms with van der Waals surface area (Å²) in [6.45, 7) is 1.32. The number of carbonyl (C=O) groups is 1. The molecule has 1 aromatic heterocycles. The second kappa shape index (κ2) is 8.98. The molecule has 2 heterocycles. The Kier molecular flexibility index (Phi) is 5.97. The van der Waals surface area contributed by atoms with Crippen LogP contribution in [-0.4, -0.2) is 48.3 Å². The number of rotatable bonds is 6. The van der Waals surface area contributed by atoms with E-state index in [0.717, 1.165) is 42.0 Å². The van der Waals surface area contributed by atoms with Crippen LogP contribution in [0.3, 0.4) is 0 Å². The molecule has 7 heteroatoms. The zero-order valence-corrected chi connectivity index (χ0v) is 17.2. The smallest absolute Gasteiger partial charge is 0.231 e. The molecule has 1 aliphatic rings. The van der Waals surface area contributed by atoms with Crippen molar-refractivity contribution in [3.63, 3.8) is 0 Å². The lowest BCUT2D eigenvalue weighted by Crippen LogP contribution is -2.40. The summed E-state index contributed by atoms with van der Waals surface area (Å²) >= 11 is 0. The van der Waals surface area contributed by atoms with Gasteiger partial charge in [0.15, 0.2) is 0 Å². The van der Waals surface area contributed by atoms with Crippen LogP contribution >= 0.6 is 0 Å². The van der Waals surface area contributed by atoms with E-state index in [4.69, 9.17) is 14.0 Å². The number of aromatic nitrogens is 2. The minimum atomic E-state index is 0.0415. The number of benzene rings is 2. The summed E-state index contributed by atoms with van der Waals surface area (Å²) < 4.78 is 16.1. The van der Waals surface area contributed by atoms with Gasteiger partial charge in [-0.1, -0.05) is 23.4 Å². The molecule has 1 saturated heterocycles. The highest BCUT2D eigenvalue weighted by molar-refractivity contribution is 5.79. The Hall–Kier alpha value is -3.35. The summed E-state index contributed by atoms with van der Waals surface area (Å²) in [5, 5.41) is 4.13. The van der Waals surface area contributed by atoms with Gasteiger partial charge in [0.2, 0.25) is 17.6 Å². The summed E-state index contributed by atoms with van der Waals surface area (Å²) in [6.07, 6.45) is 2.14. The van der Waals surface area contributed by atoms with Crippen LogP contribution in [0.1, 0.15) is 30.2 Å². The van der Waals surface area contributed by atoms with Crippen LogP contribution in [0.5, 0.6) is 11.5 Å². The van der Waals surface area contributed by atoms with Crippen molar-refractivity contribution in [2.75, 3.05) is 27.3 Å². The normalized spacial score (nSPS) is 16.3. The Morgan fingerprint density at radius 3 is 2.70 bits per heavy atom. The number of ether oxygens (including phenoxy) is 2. The van der Waals surface area contributed by atoms with Gasteiger partial charge in [-0.2, -0.15) is 4.98 Å². The summed E-state index contributed by atoms with van der Waals surface area (Å²) in [7, 11) is 3.25. The maximum Gasteiger partial charge on any atom is 0.231 e. The molecule has 7 nitrogen and oxygen atoms in total. The molecule has 2 aromatic carbocycles. The van der Waals surface area contributed by atoms with Crippen LogP contribution in [0, 0.1) is 0 Å². The number of hydrogen-bond donors (Lipinski definition) is 0. The highest BCUT2D eigenvalue weighted by Crippen LogP contribution is 2.29. The van der Waals surface area contributed by atoms with Gasteiger partial charge in [-0.15, -0.1) is 0 Å². The van der Waals surface area contributed by atoms with Crippen molar-refractivity contribution in [3.05, 3.63) is 60.0 Å². The Labute approximate surface area is 175 Å². The van der Waals surface area contributed by atoms with Gasteiger partial charge < -0.3 is 18.9 Å². The van der Waals surface area contributed by atoms with Crippen LogP contribution in [0.4, 0.5) is 0 Å². The summed E-state index contributed by atoms with van der Waals surface area (Å²) in [5.41, 5.74) is 1.76. The average molecular weight is 407 g/mol. The van der Waals surface area contributed by atoms with Crippen LogP contribution < -0.4 is 9.47 Å². The third-order valence-corrected chi connectivity index (χ3v) is 5.45. The number of para-hydroxylation sites is 1. The highest BCUT2D eigenvalue weighted by Gasteiger charge is 2.29. The molecule has 0 spiro atoms. The van der Waals surface area contributed by atoms with Crippen LogP contribution in [-0.2, 0) is 11.2 Å². The third-order valence-electron chi connectivity index (χ3n) is 5.45. The summed E-state index contributed by atoms with van der Waals surface area (Å²) in [5.74, 6) is 2.76. The molecule has 0 N–H and O–H groups in total. The lowest BCUT2D eigenvalue weighted by molar-refractivity contribution is -0.131. The van der Waals surface area contributed by atoms with Crippen LogP contribution in [0.25, 0.3) is 11.4 Å². The van der Waals surface area contributed by atoms with E-state index in [2.05, 4.69) is 10.1 Å². The molecular formula is C23H25N3O4. The number of methoxy groups -OCH3 is 2. The molecule has 1 atom stereocenters. The van der Waals surface area contributed by atoms with Gasteiger partial charge >= 0.3 is 0 Å². The Morgan fingerprint density at radius 2 is 1.93 bits per heavy atom. The minimum absolute atomic E-state index is 0.0415. The van der Waals surface area contributed by atoms with E-state index in [-0.39, 0.29) is 11.8 Å². The van der Waals surface area contributed by atoms with Crippen LogP contribution in [0.15, 0.2) is 53.1 Å². The predicted octanol–water partition coefficient (Wildman–Crippen LogP) is 3.70. The minimum Gasteiger partial charge on any atom is -0.497 e. The molecule has 0 aliphatic carbocycles. The fraction of sp³-hybridized carbons (Fsp3) is 0.348. The SMILES string of the molecule is COc1ccc(-c2noc([C@@H]3CCCN(C(=O)Cc4ccccc4OC)C3)n2)cc1. The molecule has 0 radical (unpaired) electrons. The maximum atomic E-state index is 12.9. The van der Waals surface area contributed by atoms with Crippen molar-refractivity contribution in [3.8, 4) is 22.9 Å². The molecule has 1 fully saturated rings. The maximum absolute atomic E-state index is 12.9. The topological polar surface area (TPSA) is 77.7 Å². The Balaban J connectivity index is 1.43. The monoisotopic (exact) mass is 407 g/mol. The molecule has 30 heavy (non-hydrogen) atoms. The van der Waals surface area contributed by atoms with E-state index in [1.807, 2.05) is 53.4 Å². The largest absolute Gasteiger partial charge is 0.497 e. The predicted molar refractivity (Wildman–Crippen MR) is 112 cm³/mol. The van der Waals surface area contributed by atoms with E-state index in [0.29, 0.717) is 24.7 Å². The quantitative estimate of drug-likeness (QED) is 0.620. The van der Waals surface area contributed by atoms with Gasteiger partial charge in [-0.05, 0) is 43.2 Å². The van der Waals surface area contributed by atoms with Gasteiger partial charge in [-0.3, -0.25) is 4.79 Å². The van der Waals surface area contributed by atoms with E-state index in [1.54, 1.807) is 14.2 Å². The highest BCUT2D eigenvalue weighted by atomic mass is 16.5. The molecule has 0 saturated carbocycles. The number of hydrogen-bond acceptors (Lipinski definition) is 6. The van der Waals surface area contributed by atoms with E-state index in [9.17, 15) is 4.79 Å². The van der Waals surface area contributed by atoms with Gasteiger partial charge in [0.1, 0.15) is 11.5 Å². The number of likely N-dealkylation sites (tertiary alicyclic amines) is 1. The summed E-state index contributed by atoms with van der Waals surface area (Å²) in [4.78, 5) is 19.4. The standard InChI is InChI=1S/C23H25N3O4/c1-28-19-11-9-16(10-12-19)22-24-23(30-25-22)18-7-5-13-26(15-18)21(27)14-17-6-3-4-8-20(17)29-2/h3-4,6,8-12,18H,5,7,13-15H2,1-2H3/t18-/m1/s1. The Bertz CT molecular complexity index is 1000. The number of carbonyl (C=O) groups excluding carboxylic acids is 1. The second-order valence-electron chi connectivity index (χ2n) is 7.35. The first-order valence-corrected chi connectivity index (χ1v) is 10.1. The fourth-order valence-electron chi connectivity index (χ4n) is 3.79. The van der Waals surface area contributed by atoms with Crippen LogP contribution in [0.2, 0.25) is 0 Å². The first-order valence-electron chi connectivity index (χ1n) is 10.1. The average Bonchev–Trinajstić information content (AvgIpc) is 3.30. The molecule has 1 aliphatic heterocycles. The molecular weight excluding hydrogens is 382 g/mol. The first-order chi connectivity index (χ1) is 14.7. The fourth-order valence-corrected chi connectivity index (χ4v) is 3.79. The van der Waals surface area contributed by atoms with Crippen molar-refractivity contribution in [1.29, 1.82) is 0 Å². The zero-order chi connectivity index (χ0) is 20.9. The van der Waals surface area contributed by atoms with E-state index < -0.39 is 0 Å². The summed E-state index contributed by atoms with van der Waals surface area (Å²) in [6, 6.07) is 15.2. The van der Waals surface area contributed by atoms with Gasteiger partial charge in [0.05, 0.1) is 26.6 Å². The number of amides is 1. The lowest BCUT2D eigenvalue weighted by Gasteiger charge is -2.31. The molecule has 0 unspecified atom stereocenters. The third kappa shape index (κ3) is 4.30. The van der Waals surface area contributed by atoms with Gasteiger partial charge in [-0.25, -0.2) is 0 Å². The zero-order valence-electron chi connectivity index (χ0n) is 17.2.